The fraction of sp³-hybridized carbons (Fsp3) is 0.500. The largest absolute Gasteiger partial charge is 0.506 e. The number of hydrogen-bond donors (Lipinski definition) is 2. The molecule has 1 aliphatic rings. The SMILES string of the molecule is O=c1ccc(O)c(CN2CCOCC2)[nH]1. The molecule has 0 saturated carbocycles. The van der Waals surface area contributed by atoms with E-state index in [0.717, 1.165) is 13.1 Å². The lowest BCUT2D eigenvalue weighted by molar-refractivity contribution is 0.0333. The summed E-state index contributed by atoms with van der Waals surface area (Å²) in [6.07, 6.45) is 0. The van der Waals surface area contributed by atoms with Crippen LogP contribution in [0, 0.1) is 0 Å². The van der Waals surface area contributed by atoms with E-state index in [-0.39, 0.29) is 11.3 Å². The van der Waals surface area contributed by atoms with Crippen LogP contribution in [-0.4, -0.2) is 41.3 Å². The van der Waals surface area contributed by atoms with E-state index in [2.05, 4.69) is 9.88 Å². The van der Waals surface area contributed by atoms with Gasteiger partial charge in [-0.3, -0.25) is 9.69 Å². The second-order valence-corrected chi connectivity index (χ2v) is 3.57. The van der Waals surface area contributed by atoms with Gasteiger partial charge in [0, 0.05) is 25.7 Å². The number of aromatic hydroxyl groups is 1. The molecule has 0 aromatic carbocycles. The predicted molar refractivity (Wildman–Crippen MR) is 54.8 cm³/mol. The van der Waals surface area contributed by atoms with Gasteiger partial charge >= 0.3 is 0 Å². The lowest BCUT2D eigenvalue weighted by Crippen LogP contribution is -2.36. The third-order valence-corrected chi connectivity index (χ3v) is 2.46. The van der Waals surface area contributed by atoms with Crippen molar-refractivity contribution >= 4 is 0 Å². The monoisotopic (exact) mass is 210 g/mol. The number of pyridine rings is 1. The van der Waals surface area contributed by atoms with Gasteiger partial charge in [-0.05, 0) is 6.07 Å². The molecule has 1 aromatic heterocycles. The minimum absolute atomic E-state index is 0.140. The Morgan fingerprint density at radius 2 is 2.13 bits per heavy atom. The van der Waals surface area contributed by atoms with Crippen molar-refractivity contribution in [2.24, 2.45) is 0 Å². The Hall–Kier alpha value is -1.33. The highest BCUT2D eigenvalue weighted by atomic mass is 16.5. The van der Waals surface area contributed by atoms with E-state index in [4.69, 9.17) is 4.74 Å². The van der Waals surface area contributed by atoms with Gasteiger partial charge in [0.15, 0.2) is 0 Å². The molecule has 1 aliphatic heterocycles. The van der Waals surface area contributed by atoms with Gasteiger partial charge in [0.25, 0.3) is 0 Å². The van der Waals surface area contributed by atoms with Crippen LogP contribution < -0.4 is 5.56 Å². The molecule has 1 aromatic rings. The fourth-order valence-corrected chi connectivity index (χ4v) is 1.61. The molecule has 15 heavy (non-hydrogen) atoms. The molecule has 2 heterocycles. The summed E-state index contributed by atoms with van der Waals surface area (Å²) in [6.45, 7) is 3.63. The quantitative estimate of drug-likeness (QED) is 0.716. The minimum Gasteiger partial charge on any atom is -0.506 e. The van der Waals surface area contributed by atoms with Crippen LogP contribution in [0.4, 0.5) is 0 Å². The van der Waals surface area contributed by atoms with E-state index in [1.54, 1.807) is 0 Å². The molecule has 0 atom stereocenters. The number of nitrogens with zero attached hydrogens (tertiary/aromatic N) is 1. The number of hydrogen-bond acceptors (Lipinski definition) is 4. The van der Waals surface area contributed by atoms with E-state index in [1.165, 1.54) is 12.1 Å². The molecule has 82 valence electrons. The first-order valence-corrected chi connectivity index (χ1v) is 4.97. The Morgan fingerprint density at radius 1 is 1.40 bits per heavy atom. The lowest BCUT2D eigenvalue weighted by atomic mass is 10.3. The van der Waals surface area contributed by atoms with Crippen molar-refractivity contribution in [2.75, 3.05) is 26.3 Å². The van der Waals surface area contributed by atoms with Gasteiger partial charge in [-0.25, -0.2) is 0 Å². The fourth-order valence-electron chi connectivity index (χ4n) is 1.61. The third kappa shape index (κ3) is 2.57. The van der Waals surface area contributed by atoms with Gasteiger partial charge in [0.2, 0.25) is 5.56 Å². The van der Waals surface area contributed by atoms with Gasteiger partial charge in [-0.15, -0.1) is 0 Å². The summed E-state index contributed by atoms with van der Waals surface area (Å²) >= 11 is 0. The van der Waals surface area contributed by atoms with Crippen molar-refractivity contribution in [3.63, 3.8) is 0 Å². The molecule has 1 saturated heterocycles. The average molecular weight is 210 g/mol. The van der Waals surface area contributed by atoms with E-state index < -0.39 is 0 Å². The maximum absolute atomic E-state index is 11.1. The zero-order chi connectivity index (χ0) is 10.7. The summed E-state index contributed by atoms with van der Waals surface area (Å²) in [7, 11) is 0. The van der Waals surface area contributed by atoms with Crippen LogP contribution in [0.25, 0.3) is 0 Å². The molecular weight excluding hydrogens is 196 g/mol. The molecule has 5 heteroatoms. The van der Waals surface area contributed by atoms with Gasteiger partial charge in [0.1, 0.15) is 5.75 Å². The number of H-pyrrole nitrogens is 1. The summed E-state index contributed by atoms with van der Waals surface area (Å²) in [5, 5.41) is 9.54. The first-order chi connectivity index (χ1) is 7.25. The predicted octanol–water partition coefficient (Wildman–Crippen LogP) is -0.0873. The Bertz CT molecular complexity index is 382. The van der Waals surface area contributed by atoms with Crippen molar-refractivity contribution < 1.29 is 9.84 Å². The molecule has 0 spiro atoms. The normalized spacial score (nSPS) is 17.9. The third-order valence-electron chi connectivity index (χ3n) is 2.46. The molecule has 0 amide bonds. The number of rotatable bonds is 2. The van der Waals surface area contributed by atoms with E-state index in [1.807, 2.05) is 0 Å². The van der Waals surface area contributed by atoms with Crippen LogP contribution >= 0.6 is 0 Å². The van der Waals surface area contributed by atoms with Gasteiger partial charge in [-0.2, -0.15) is 0 Å². The summed E-state index contributed by atoms with van der Waals surface area (Å²) in [6, 6.07) is 2.74. The summed E-state index contributed by atoms with van der Waals surface area (Å²) < 4.78 is 5.22. The summed E-state index contributed by atoms with van der Waals surface area (Å²) in [4.78, 5) is 15.8. The minimum atomic E-state index is -0.184. The molecule has 2 N–H and O–H groups in total. The maximum Gasteiger partial charge on any atom is 0.248 e. The van der Waals surface area contributed by atoms with Crippen molar-refractivity contribution in [3.05, 3.63) is 28.2 Å². The first-order valence-electron chi connectivity index (χ1n) is 4.97. The van der Waals surface area contributed by atoms with Crippen LogP contribution in [0.2, 0.25) is 0 Å². The molecular formula is C10H14N2O3. The molecule has 5 nitrogen and oxygen atoms in total. The highest BCUT2D eigenvalue weighted by molar-refractivity contribution is 5.24. The molecule has 0 unspecified atom stereocenters. The van der Waals surface area contributed by atoms with Crippen molar-refractivity contribution in [3.8, 4) is 5.75 Å². The van der Waals surface area contributed by atoms with Crippen molar-refractivity contribution in [1.82, 2.24) is 9.88 Å². The van der Waals surface area contributed by atoms with E-state index in [9.17, 15) is 9.90 Å². The van der Waals surface area contributed by atoms with Crippen LogP contribution in [0.3, 0.4) is 0 Å². The smallest absolute Gasteiger partial charge is 0.248 e. The lowest BCUT2D eigenvalue weighted by Gasteiger charge is -2.26. The summed E-state index contributed by atoms with van der Waals surface area (Å²) in [5.41, 5.74) is 0.389. The Balaban J connectivity index is 2.08. The van der Waals surface area contributed by atoms with Crippen LogP contribution in [-0.2, 0) is 11.3 Å². The molecule has 1 fully saturated rings. The molecule has 0 radical (unpaired) electrons. The molecule has 0 aliphatic carbocycles. The zero-order valence-corrected chi connectivity index (χ0v) is 8.40. The van der Waals surface area contributed by atoms with E-state index in [0.29, 0.717) is 25.5 Å². The highest BCUT2D eigenvalue weighted by Gasteiger charge is 2.12. The number of morpholine rings is 1. The highest BCUT2D eigenvalue weighted by Crippen LogP contribution is 2.13. The van der Waals surface area contributed by atoms with Crippen molar-refractivity contribution in [2.45, 2.75) is 6.54 Å². The van der Waals surface area contributed by atoms with E-state index >= 15 is 0 Å². The Labute approximate surface area is 87.3 Å². The van der Waals surface area contributed by atoms with Gasteiger partial charge in [0.05, 0.1) is 18.9 Å². The second kappa shape index (κ2) is 4.46. The number of ether oxygens (including phenoxy) is 1. The molecule has 0 bridgehead atoms. The van der Waals surface area contributed by atoms with Crippen LogP contribution in [0.15, 0.2) is 16.9 Å². The van der Waals surface area contributed by atoms with Crippen molar-refractivity contribution in [1.29, 1.82) is 0 Å². The molecule has 2 rings (SSSR count). The first kappa shape index (κ1) is 10.2. The topological polar surface area (TPSA) is 65.6 Å². The Morgan fingerprint density at radius 3 is 2.87 bits per heavy atom. The second-order valence-electron chi connectivity index (χ2n) is 3.57. The summed E-state index contributed by atoms with van der Waals surface area (Å²) in [5.74, 6) is 0.140. The van der Waals surface area contributed by atoms with Gasteiger partial charge < -0.3 is 14.8 Å². The van der Waals surface area contributed by atoms with Crippen LogP contribution in [0.5, 0.6) is 5.75 Å². The number of nitrogens with one attached hydrogen (secondary N) is 1. The maximum atomic E-state index is 11.1. The number of aromatic nitrogens is 1. The zero-order valence-electron chi connectivity index (χ0n) is 8.40. The standard InChI is InChI=1S/C10H14N2O3/c13-9-1-2-10(14)11-8(9)7-12-3-5-15-6-4-12/h1-2,13H,3-7H2,(H,11,14). The Kier molecular flexibility index (Phi) is 3.03. The van der Waals surface area contributed by atoms with Gasteiger partial charge in [-0.1, -0.05) is 0 Å². The average Bonchev–Trinajstić information content (AvgIpc) is 2.25. The number of aromatic amines is 1. The van der Waals surface area contributed by atoms with Crippen LogP contribution in [0.1, 0.15) is 5.69 Å².